The molecular weight excluding hydrogens is 461 g/mol. The lowest BCUT2D eigenvalue weighted by atomic mass is 10.0. The van der Waals surface area contributed by atoms with Crippen molar-refractivity contribution >= 4 is 34.2 Å². The fourth-order valence-corrected chi connectivity index (χ4v) is 3.34. The van der Waals surface area contributed by atoms with Crippen molar-refractivity contribution in [3.63, 3.8) is 0 Å². The molecule has 2 N–H and O–H groups in total. The highest BCUT2D eigenvalue weighted by molar-refractivity contribution is 6.36. The molecule has 0 bridgehead atoms. The summed E-state index contributed by atoms with van der Waals surface area (Å²) in [5.41, 5.74) is -2.28. The second kappa shape index (κ2) is 8.90. The number of fused-ring (bicyclic) bond motifs is 1. The first-order valence-corrected chi connectivity index (χ1v) is 10.2. The van der Waals surface area contributed by atoms with Crippen molar-refractivity contribution in [2.24, 2.45) is 0 Å². The molecule has 0 unspecified atom stereocenters. The van der Waals surface area contributed by atoms with E-state index in [1.54, 1.807) is 31.2 Å². The molecule has 0 spiro atoms. The standard InChI is InChI=1S/C23H20ClF3N2O4/c1-12(13-8-9-18(28-11-13)23(25,26)27)33-19-15-7-5-4-6-14(15)17(24)10-16(19)20(30)29-22(2,3)21(31)32/h4-12H,1-3H3,(H,29,30)(H,31,32)/t12-/m1/s1. The molecule has 0 fully saturated rings. The molecule has 3 rings (SSSR count). The summed E-state index contributed by atoms with van der Waals surface area (Å²) in [6, 6.07) is 10.3. The van der Waals surface area contributed by atoms with Crippen LogP contribution in [0.1, 0.15) is 48.5 Å². The average molecular weight is 481 g/mol. The molecule has 174 valence electrons. The number of carboxylic acid groups (broad SMARTS) is 1. The average Bonchev–Trinajstić information content (AvgIpc) is 2.74. The summed E-state index contributed by atoms with van der Waals surface area (Å²) in [5.74, 6) is -1.86. The minimum atomic E-state index is -4.57. The number of ether oxygens (including phenoxy) is 1. The highest BCUT2D eigenvalue weighted by Gasteiger charge is 2.33. The number of benzene rings is 2. The van der Waals surface area contributed by atoms with E-state index in [1.165, 1.54) is 26.0 Å². The molecule has 0 radical (unpaired) electrons. The number of nitrogens with zero attached hydrogens (tertiary/aromatic N) is 1. The van der Waals surface area contributed by atoms with E-state index < -0.39 is 35.4 Å². The van der Waals surface area contributed by atoms with Crippen LogP contribution < -0.4 is 10.1 Å². The van der Waals surface area contributed by atoms with Crippen molar-refractivity contribution in [2.45, 2.75) is 38.6 Å². The molecule has 1 amide bonds. The fourth-order valence-electron chi connectivity index (χ4n) is 3.06. The van der Waals surface area contributed by atoms with Gasteiger partial charge in [0.1, 0.15) is 23.1 Å². The molecule has 3 aromatic rings. The van der Waals surface area contributed by atoms with Gasteiger partial charge < -0.3 is 15.2 Å². The molecule has 1 atom stereocenters. The summed E-state index contributed by atoms with van der Waals surface area (Å²) in [6.07, 6.45) is -4.31. The lowest BCUT2D eigenvalue weighted by Crippen LogP contribution is -2.49. The third-order valence-electron chi connectivity index (χ3n) is 4.99. The van der Waals surface area contributed by atoms with Gasteiger partial charge in [0.15, 0.2) is 0 Å². The molecule has 2 aromatic carbocycles. The van der Waals surface area contributed by atoms with E-state index in [-0.39, 0.29) is 16.3 Å². The minimum Gasteiger partial charge on any atom is -0.484 e. The highest BCUT2D eigenvalue weighted by Crippen LogP contribution is 2.38. The Balaban J connectivity index is 2.05. The van der Waals surface area contributed by atoms with Crippen LogP contribution in [0.4, 0.5) is 13.2 Å². The van der Waals surface area contributed by atoms with Gasteiger partial charge in [-0.05, 0) is 32.9 Å². The zero-order chi connectivity index (χ0) is 24.6. The number of carboxylic acids is 1. The maximum atomic E-state index is 13.0. The maximum absolute atomic E-state index is 13.0. The quantitative estimate of drug-likeness (QED) is 0.476. The Hall–Kier alpha value is -3.33. The summed E-state index contributed by atoms with van der Waals surface area (Å²) in [6.45, 7) is 4.25. The molecule has 0 aliphatic carbocycles. The van der Waals surface area contributed by atoms with Gasteiger partial charge in [-0.15, -0.1) is 0 Å². The summed E-state index contributed by atoms with van der Waals surface area (Å²) in [7, 11) is 0. The van der Waals surface area contributed by atoms with Crippen LogP contribution in [0.2, 0.25) is 5.02 Å². The molecule has 6 nitrogen and oxygen atoms in total. The van der Waals surface area contributed by atoms with Gasteiger partial charge in [0, 0.05) is 27.6 Å². The Morgan fingerprint density at radius 3 is 2.30 bits per heavy atom. The summed E-state index contributed by atoms with van der Waals surface area (Å²) in [5, 5.41) is 13.1. The van der Waals surface area contributed by atoms with E-state index in [1.807, 2.05) is 0 Å². The van der Waals surface area contributed by atoms with Crippen molar-refractivity contribution in [3.05, 3.63) is 70.5 Å². The predicted molar refractivity (Wildman–Crippen MR) is 116 cm³/mol. The number of alkyl halides is 3. The fraction of sp³-hybridized carbons (Fsp3) is 0.261. The lowest BCUT2D eigenvalue weighted by Gasteiger charge is -2.24. The lowest BCUT2D eigenvalue weighted by molar-refractivity contribution is -0.143. The number of aromatic nitrogens is 1. The highest BCUT2D eigenvalue weighted by atomic mass is 35.5. The predicted octanol–water partition coefficient (Wildman–Crippen LogP) is 5.64. The summed E-state index contributed by atoms with van der Waals surface area (Å²) in [4.78, 5) is 27.9. The number of nitrogens with one attached hydrogen (secondary N) is 1. The number of hydrogen-bond donors (Lipinski definition) is 2. The van der Waals surface area contributed by atoms with Crippen LogP contribution in [0.15, 0.2) is 48.7 Å². The molecule has 33 heavy (non-hydrogen) atoms. The summed E-state index contributed by atoms with van der Waals surface area (Å²) < 4.78 is 44.5. The number of rotatable bonds is 6. The van der Waals surface area contributed by atoms with Gasteiger partial charge in [-0.3, -0.25) is 9.78 Å². The maximum Gasteiger partial charge on any atom is 0.433 e. The van der Waals surface area contributed by atoms with E-state index in [9.17, 15) is 27.9 Å². The van der Waals surface area contributed by atoms with E-state index in [0.29, 0.717) is 16.3 Å². The molecular formula is C23H20ClF3N2O4. The monoisotopic (exact) mass is 480 g/mol. The van der Waals surface area contributed by atoms with Crippen LogP contribution in [-0.2, 0) is 11.0 Å². The van der Waals surface area contributed by atoms with E-state index >= 15 is 0 Å². The number of hydrogen-bond acceptors (Lipinski definition) is 4. The topological polar surface area (TPSA) is 88.5 Å². The number of carbonyl (C=O) groups excluding carboxylic acids is 1. The van der Waals surface area contributed by atoms with Gasteiger partial charge >= 0.3 is 12.1 Å². The van der Waals surface area contributed by atoms with E-state index in [0.717, 1.165) is 12.3 Å². The SMILES string of the molecule is C[C@@H](Oc1c(C(=O)NC(C)(C)C(=O)O)cc(Cl)c2ccccc12)c1ccc(C(F)(F)F)nc1. The van der Waals surface area contributed by atoms with Crippen molar-refractivity contribution in [1.82, 2.24) is 10.3 Å². The Labute approximate surface area is 192 Å². The largest absolute Gasteiger partial charge is 0.484 e. The molecule has 0 aliphatic heterocycles. The van der Waals surface area contributed by atoms with Crippen LogP contribution in [0, 0.1) is 0 Å². The minimum absolute atomic E-state index is 0.0141. The van der Waals surface area contributed by atoms with Gasteiger partial charge in [0.05, 0.1) is 5.56 Å². The first kappa shape index (κ1) is 24.3. The van der Waals surface area contributed by atoms with E-state index in [4.69, 9.17) is 16.3 Å². The van der Waals surface area contributed by atoms with Crippen LogP contribution in [-0.4, -0.2) is 27.5 Å². The van der Waals surface area contributed by atoms with Crippen molar-refractivity contribution in [2.75, 3.05) is 0 Å². The van der Waals surface area contributed by atoms with Crippen LogP contribution in [0.3, 0.4) is 0 Å². The zero-order valence-corrected chi connectivity index (χ0v) is 18.6. The number of aliphatic carboxylic acids is 1. The Kier molecular flexibility index (Phi) is 6.56. The molecule has 0 aliphatic rings. The molecule has 1 aromatic heterocycles. The number of carbonyl (C=O) groups is 2. The molecule has 1 heterocycles. The first-order chi connectivity index (χ1) is 15.3. The van der Waals surface area contributed by atoms with Crippen molar-refractivity contribution in [3.8, 4) is 5.75 Å². The normalized spacial score (nSPS) is 12.9. The molecule has 10 heteroatoms. The van der Waals surface area contributed by atoms with Crippen LogP contribution in [0.5, 0.6) is 5.75 Å². The van der Waals surface area contributed by atoms with Gasteiger partial charge in [-0.25, -0.2) is 4.79 Å². The van der Waals surface area contributed by atoms with Gasteiger partial charge in [-0.2, -0.15) is 13.2 Å². The Bertz CT molecular complexity index is 1210. The first-order valence-electron chi connectivity index (χ1n) is 9.78. The van der Waals surface area contributed by atoms with Crippen LogP contribution in [0.25, 0.3) is 10.8 Å². The molecule has 0 saturated heterocycles. The van der Waals surface area contributed by atoms with Gasteiger partial charge in [0.25, 0.3) is 5.91 Å². The Morgan fingerprint density at radius 2 is 1.76 bits per heavy atom. The zero-order valence-electron chi connectivity index (χ0n) is 17.8. The summed E-state index contributed by atoms with van der Waals surface area (Å²) >= 11 is 6.36. The third kappa shape index (κ3) is 5.19. The van der Waals surface area contributed by atoms with Gasteiger partial charge in [0.2, 0.25) is 0 Å². The van der Waals surface area contributed by atoms with E-state index in [2.05, 4.69) is 10.3 Å². The third-order valence-corrected chi connectivity index (χ3v) is 5.30. The number of pyridine rings is 1. The number of halogens is 4. The Morgan fingerprint density at radius 1 is 1.12 bits per heavy atom. The smallest absolute Gasteiger partial charge is 0.433 e. The van der Waals surface area contributed by atoms with Crippen LogP contribution >= 0.6 is 11.6 Å². The second-order valence-corrected chi connectivity index (χ2v) is 8.31. The van der Waals surface area contributed by atoms with Crippen molar-refractivity contribution < 1.29 is 32.6 Å². The number of amides is 1. The van der Waals surface area contributed by atoms with Gasteiger partial charge in [-0.1, -0.05) is 41.9 Å². The second-order valence-electron chi connectivity index (χ2n) is 7.90. The van der Waals surface area contributed by atoms with Crippen molar-refractivity contribution in [1.29, 1.82) is 0 Å². The molecule has 0 saturated carbocycles.